The van der Waals surface area contributed by atoms with Crippen LogP contribution in [-0.4, -0.2) is 5.25 Å². The van der Waals surface area contributed by atoms with Gasteiger partial charge >= 0.3 is 0 Å². The zero-order chi connectivity index (χ0) is 7.44. The predicted octanol–water partition coefficient (Wildman–Crippen LogP) is 2.52. The van der Waals surface area contributed by atoms with Gasteiger partial charge in [0, 0.05) is 0 Å². The van der Waals surface area contributed by atoms with Crippen LogP contribution in [0, 0.1) is 5.92 Å². The van der Waals surface area contributed by atoms with Crippen molar-refractivity contribution in [2.75, 3.05) is 0 Å². The molecular weight excluding hydrogens is 128 g/mol. The molecule has 0 aliphatic carbocycles. The van der Waals surface area contributed by atoms with E-state index in [0.29, 0.717) is 11.2 Å². The average molecular weight is 143 g/mol. The summed E-state index contributed by atoms with van der Waals surface area (Å²) in [5, 5.41) is 0.315. The van der Waals surface area contributed by atoms with Gasteiger partial charge in [-0.2, -0.15) is 0 Å². The average Bonchev–Trinajstić information content (AvgIpc) is 1.63. The topological polar surface area (TPSA) is 0 Å². The van der Waals surface area contributed by atoms with Crippen molar-refractivity contribution in [3.05, 3.63) is 11.6 Å². The Kier molecular flexibility index (Phi) is 4.03. The Morgan fingerprint density at radius 2 is 1.78 bits per heavy atom. The first kappa shape index (κ1) is 9.09. The second kappa shape index (κ2) is 3.99. The molecule has 0 nitrogen and oxygen atoms in total. The molecule has 1 atom stereocenters. The summed E-state index contributed by atoms with van der Waals surface area (Å²) in [7, 11) is 0. The summed E-state index contributed by atoms with van der Waals surface area (Å²) < 4.78 is 0. The summed E-state index contributed by atoms with van der Waals surface area (Å²) in [4.78, 5) is 0. The van der Waals surface area contributed by atoms with Crippen LogP contribution < -0.4 is 0 Å². The zero-order valence-electron chi connectivity index (χ0n) is 6.64. The van der Waals surface area contributed by atoms with E-state index in [2.05, 4.69) is 33.8 Å². The van der Waals surface area contributed by atoms with Crippen molar-refractivity contribution in [3.8, 4) is 0 Å². The van der Waals surface area contributed by atoms with Crippen molar-refractivity contribution < 1.29 is 0 Å². The third-order valence-corrected chi connectivity index (χ3v) is 1.84. The SMILES string of the molecule is CC(C)=CC([S-])C(C)C. The maximum atomic E-state index is 5.16. The molecule has 0 spiro atoms. The van der Waals surface area contributed by atoms with Gasteiger partial charge in [-0.25, -0.2) is 0 Å². The molecule has 1 heteroatoms. The van der Waals surface area contributed by atoms with E-state index in [1.165, 1.54) is 5.57 Å². The Labute approximate surface area is 63.8 Å². The third-order valence-electron chi connectivity index (χ3n) is 1.15. The molecule has 0 radical (unpaired) electrons. The monoisotopic (exact) mass is 143 g/mol. The van der Waals surface area contributed by atoms with Gasteiger partial charge in [0.15, 0.2) is 0 Å². The van der Waals surface area contributed by atoms with Crippen molar-refractivity contribution >= 4 is 12.6 Å². The molecule has 0 amide bonds. The summed E-state index contributed by atoms with van der Waals surface area (Å²) in [5.74, 6) is 0.592. The molecule has 0 aliphatic rings. The Hall–Kier alpha value is 0.0900. The second-order valence-electron chi connectivity index (χ2n) is 2.95. The maximum absolute atomic E-state index is 5.16. The van der Waals surface area contributed by atoms with E-state index in [4.69, 9.17) is 12.6 Å². The van der Waals surface area contributed by atoms with E-state index >= 15 is 0 Å². The van der Waals surface area contributed by atoms with Gasteiger partial charge in [0.05, 0.1) is 0 Å². The molecular formula is C8H15S-. The molecule has 0 aromatic rings. The molecule has 0 saturated heterocycles. The van der Waals surface area contributed by atoms with Crippen LogP contribution in [0.15, 0.2) is 11.6 Å². The van der Waals surface area contributed by atoms with Crippen molar-refractivity contribution in [1.82, 2.24) is 0 Å². The van der Waals surface area contributed by atoms with E-state index in [1.807, 2.05) is 0 Å². The molecule has 1 unspecified atom stereocenters. The Morgan fingerprint density at radius 3 is 1.89 bits per heavy atom. The first-order valence-electron chi connectivity index (χ1n) is 3.35. The normalized spacial score (nSPS) is 13.6. The first-order valence-corrected chi connectivity index (χ1v) is 3.82. The lowest BCUT2D eigenvalue weighted by molar-refractivity contribution is 0.678. The minimum absolute atomic E-state index is 0.315. The van der Waals surface area contributed by atoms with Gasteiger partial charge in [0.2, 0.25) is 0 Å². The van der Waals surface area contributed by atoms with Gasteiger partial charge in [0.1, 0.15) is 0 Å². The highest BCUT2D eigenvalue weighted by molar-refractivity contribution is 7.59. The van der Waals surface area contributed by atoms with E-state index in [0.717, 1.165) is 0 Å². The van der Waals surface area contributed by atoms with Crippen LogP contribution in [0.1, 0.15) is 27.7 Å². The molecule has 0 aromatic heterocycles. The Morgan fingerprint density at radius 1 is 1.33 bits per heavy atom. The van der Waals surface area contributed by atoms with Crippen LogP contribution in [0.2, 0.25) is 0 Å². The number of allylic oxidation sites excluding steroid dienone is 1. The van der Waals surface area contributed by atoms with E-state index in [1.54, 1.807) is 0 Å². The second-order valence-corrected chi connectivity index (χ2v) is 3.50. The lowest BCUT2D eigenvalue weighted by Gasteiger charge is -2.23. The summed E-state index contributed by atoms with van der Waals surface area (Å²) in [6.45, 7) is 8.47. The molecule has 0 heterocycles. The summed E-state index contributed by atoms with van der Waals surface area (Å²) in [6, 6.07) is 0. The number of hydrogen-bond acceptors (Lipinski definition) is 1. The minimum atomic E-state index is 0.315. The zero-order valence-corrected chi connectivity index (χ0v) is 7.46. The molecule has 0 aliphatic heterocycles. The Bertz CT molecular complexity index is 99.1. The van der Waals surface area contributed by atoms with E-state index < -0.39 is 0 Å². The van der Waals surface area contributed by atoms with Crippen molar-refractivity contribution in [3.63, 3.8) is 0 Å². The maximum Gasteiger partial charge on any atom is -0.0443 e. The van der Waals surface area contributed by atoms with Gasteiger partial charge in [-0.3, -0.25) is 0 Å². The summed E-state index contributed by atoms with van der Waals surface area (Å²) in [5.41, 5.74) is 1.32. The van der Waals surface area contributed by atoms with Crippen LogP contribution in [0.4, 0.5) is 0 Å². The lowest BCUT2D eigenvalue weighted by atomic mass is 10.1. The summed E-state index contributed by atoms with van der Waals surface area (Å²) >= 11 is 5.16. The predicted molar refractivity (Wildman–Crippen MR) is 45.4 cm³/mol. The van der Waals surface area contributed by atoms with Crippen molar-refractivity contribution in [1.29, 1.82) is 0 Å². The van der Waals surface area contributed by atoms with Gasteiger partial charge in [-0.1, -0.05) is 25.3 Å². The molecule has 54 valence electrons. The Balaban J connectivity index is 3.76. The molecule has 0 saturated carbocycles. The number of rotatable bonds is 2. The van der Waals surface area contributed by atoms with Crippen LogP contribution in [0.5, 0.6) is 0 Å². The fraction of sp³-hybridized carbons (Fsp3) is 0.750. The van der Waals surface area contributed by atoms with Crippen LogP contribution >= 0.6 is 0 Å². The van der Waals surface area contributed by atoms with Gasteiger partial charge in [-0.05, 0) is 13.8 Å². The molecule has 0 rings (SSSR count). The number of hydrogen-bond donors (Lipinski definition) is 0. The van der Waals surface area contributed by atoms with Gasteiger partial charge in [-0.15, -0.1) is 11.3 Å². The molecule has 0 aromatic carbocycles. The largest absolute Gasteiger partial charge is 0.785 e. The van der Waals surface area contributed by atoms with Crippen LogP contribution in [0.3, 0.4) is 0 Å². The molecule has 0 N–H and O–H groups in total. The summed E-state index contributed by atoms with van der Waals surface area (Å²) in [6.07, 6.45) is 2.14. The standard InChI is InChI=1S/C8H16S/c1-6(2)5-8(9)7(3)4/h5,7-9H,1-4H3/p-1. The van der Waals surface area contributed by atoms with Gasteiger partial charge < -0.3 is 12.6 Å². The smallest absolute Gasteiger partial charge is 0.0443 e. The first-order chi connectivity index (χ1) is 4.04. The molecule has 0 bridgehead atoms. The van der Waals surface area contributed by atoms with Crippen LogP contribution in [-0.2, 0) is 12.6 Å². The lowest BCUT2D eigenvalue weighted by Crippen LogP contribution is -2.08. The fourth-order valence-electron chi connectivity index (χ4n) is 0.521. The highest BCUT2D eigenvalue weighted by Crippen LogP contribution is 2.05. The highest BCUT2D eigenvalue weighted by Gasteiger charge is 1.92. The molecule has 9 heavy (non-hydrogen) atoms. The minimum Gasteiger partial charge on any atom is -0.785 e. The van der Waals surface area contributed by atoms with E-state index in [-0.39, 0.29) is 0 Å². The molecule has 0 fully saturated rings. The third kappa shape index (κ3) is 4.58. The van der Waals surface area contributed by atoms with Crippen LogP contribution in [0.25, 0.3) is 0 Å². The highest BCUT2D eigenvalue weighted by atomic mass is 32.1. The van der Waals surface area contributed by atoms with Crippen molar-refractivity contribution in [2.45, 2.75) is 32.9 Å². The van der Waals surface area contributed by atoms with E-state index in [9.17, 15) is 0 Å². The fourth-order valence-corrected chi connectivity index (χ4v) is 0.793. The van der Waals surface area contributed by atoms with Crippen molar-refractivity contribution in [2.24, 2.45) is 5.92 Å². The quantitative estimate of drug-likeness (QED) is 0.423. The van der Waals surface area contributed by atoms with Gasteiger partial charge in [0.25, 0.3) is 0 Å².